The number of methoxy groups -OCH3 is 1. The third-order valence-corrected chi connectivity index (χ3v) is 6.35. The molecule has 0 radical (unpaired) electrons. The highest BCUT2D eigenvalue weighted by atomic mass is 32.2. The van der Waals surface area contributed by atoms with Gasteiger partial charge in [0.2, 0.25) is 0 Å². The molecule has 3 aromatic rings. The Balaban J connectivity index is 2.13. The predicted molar refractivity (Wildman–Crippen MR) is 117 cm³/mol. The highest BCUT2D eigenvalue weighted by Crippen LogP contribution is 2.33. The molecule has 0 heterocycles. The maximum absolute atomic E-state index is 13.7. The van der Waals surface area contributed by atoms with Crippen LogP contribution in [-0.4, -0.2) is 40.4 Å². The summed E-state index contributed by atoms with van der Waals surface area (Å²) in [5, 5.41) is 0. The summed E-state index contributed by atoms with van der Waals surface area (Å²) in [4.78, 5) is 13.8. The van der Waals surface area contributed by atoms with Gasteiger partial charge in [-0.25, -0.2) is 8.42 Å². The van der Waals surface area contributed by atoms with Gasteiger partial charge in [0.15, 0.2) is 0 Å². The van der Waals surface area contributed by atoms with E-state index < -0.39 is 10.0 Å². The van der Waals surface area contributed by atoms with Gasteiger partial charge < -0.3 is 9.64 Å². The van der Waals surface area contributed by atoms with Crippen molar-refractivity contribution in [1.29, 1.82) is 0 Å². The standard InChI is InChI=1S/C23H24N2O4S/c1-24(2)23(26)19-12-9-13-20(16-19)30(27,28)25(17-18-10-5-4-6-11-18)21-14-7-8-15-22(21)29-3/h4-16H,17H2,1-3H3. The van der Waals surface area contributed by atoms with Crippen LogP contribution < -0.4 is 9.04 Å². The second-order valence-corrected chi connectivity index (χ2v) is 8.76. The van der Waals surface area contributed by atoms with Gasteiger partial charge in [0, 0.05) is 19.7 Å². The van der Waals surface area contributed by atoms with Crippen LogP contribution in [0.4, 0.5) is 5.69 Å². The molecule has 7 heteroatoms. The van der Waals surface area contributed by atoms with Gasteiger partial charge in [0.1, 0.15) is 5.75 Å². The zero-order valence-electron chi connectivity index (χ0n) is 17.1. The van der Waals surface area contributed by atoms with E-state index in [9.17, 15) is 13.2 Å². The lowest BCUT2D eigenvalue weighted by Gasteiger charge is -2.26. The first-order chi connectivity index (χ1) is 14.3. The molecule has 30 heavy (non-hydrogen) atoms. The zero-order chi connectivity index (χ0) is 21.7. The summed E-state index contributed by atoms with van der Waals surface area (Å²) in [6.07, 6.45) is 0. The molecule has 0 saturated heterocycles. The molecule has 6 nitrogen and oxygen atoms in total. The van der Waals surface area contributed by atoms with Gasteiger partial charge in [-0.05, 0) is 35.9 Å². The topological polar surface area (TPSA) is 66.9 Å². The highest BCUT2D eigenvalue weighted by Gasteiger charge is 2.28. The molecule has 0 unspecified atom stereocenters. The summed E-state index contributed by atoms with van der Waals surface area (Å²) in [6.45, 7) is 0.120. The first kappa shape index (κ1) is 21.4. The minimum Gasteiger partial charge on any atom is -0.495 e. The van der Waals surface area contributed by atoms with Gasteiger partial charge in [-0.15, -0.1) is 0 Å². The Labute approximate surface area is 177 Å². The molecule has 0 spiro atoms. The van der Waals surface area contributed by atoms with Crippen molar-refractivity contribution in [2.24, 2.45) is 0 Å². The van der Waals surface area contributed by atoms with Crippen LogP contribution in [0.3, 0.4) is 0 Å². The van der Waals surface area contributed by atoms with Crippen molar-refractivity contribution in [2.45, 2.75) is 11.4 Å². The van der Waals surface area contributed by atoms with E-state index in [0.29, 0.717) is 17.0 Å². The number of benzene rings is 3. The third-order valence-electron chi connectivity index (χ3n) is 4.60. The van der Waals surface area contributed by atoms with E-state index in [0.717, 1.165) is 5.56 Å². The predicted octanol–water partition coefficient (Wildman–Crippen LogP) is 3.79. The number of para-hydroxylation sites is 2. The maximum atomic E-state index is 13.7. The van der Waals surface area contributed by atoms with Crippen LogP contribution >= 0.6 is 0 Å². The molecule has 3 aromatic carbocycles. The number of ether oxygens (including phenoxy) is 1. The van der Waals surface area contributed by atoms with Gasteiger partial charge in [0.25, 0.3) is 15.9 Å². The van der Waals surface area contributed by atoms with Crippen molar-refractivity contribution in [3.63, 3.8) is 0 Å². The van der Waals surface area contributed by atoms with Gasteiger partial charge in [0.05, 0.1) is 24.2 Å². The van der Waals surface area contributed by atoms with E-state index in [1.807, 2.05) is 30.3 Å². The van der Waals surface area contributed by atoms with Crippen LogP contribution in [-0.2, 0) is 16.6 Å². The number of carbonyl (C=O) groups excluding carboxylic acids is 1. The molecular weight excluding hydrogens is 400 g/mol. The van der Waals surface area contributed by atoms with Crippen molar-refractivity contribution >= 4 is 21.6 Å². The number of hydrogen-bond donors (Lipinski definition) is 0. The second-order valence-electron chi connectivity index (χ2n) is 6.90. The molecule has 1 amide bonds. The van der Waals surface area contributed by atoms with Crippen LogP contribution in [0.2, 0.25) is 0 Å². The summed E-state index contributed by atoms with van der Waals surface area (Å²) >= 11 is 0. The van der Waals surface area contributed by atoms with E-state index in [1.165, 1.54) is 28.4 Å². The van der Waals surface area contributed by atoms with Crippen molar-refractivity contribution in [1.82, 2.24) is 4.90 Å². The molecule has 0 fully saturated rings. The fourth-order valence-electron chi connectivity index (χ4n) is 3.06. The monoisotopic (exact) mass is 424 g/mol. The number of carbonyl (C=O) groups is 1. The highest BCUT2D eigenvalue weighted by molar-refractivity contribution is 7.92. The zero-order valence-corrected chi connectivity index (χ0v) is 18.0. The van der Waals surface area contributed by atoms with E-state index in [1.54, 1.807) is 50.5 Å². The maximum Gasteiger partial charge on any atom is 0.264 e. The van der Waals surface area contributed by atoms with Crippen molar-refractivity contribution in [3.8, 4) is 5.75 Å². The Morgan fingerprint density at radius 2 is 1.57 bits per heavy atom. The number of sulfonamides is 1. The molecular formula is C23H24N2O4S. The smallest absolute Gasteiger partial charge is 0.264 e. The van der Waals surface area contributed by atoms with Crippen molar-refractivity contribution in [3.05, 3.63) is 90.0 Å². The van der Waals surface area contributed by atoms with Crippen molar-refractivity contribution in [2.75, 3.05) is 25.5 Å². The van der Waals surface area contributed by atoms with E-state index in [4.69, 9.17) is 4.74 Å². The number of amides is 1. The summed E-state index contributed by atoms with van der Waals surface area (Å²) in [5.74, 6) is 0.177. The number of rotatable bonds is 7. The lowest BCUT2D eigenvalue weighted by Crippen LogP contribution is -2.31. The first-order valence-corrected chi connectivity index (χ1v) is 10.8. The minimum atomic E-state index is -3.98. The average molecular weight is 425 g/mol. The van der Waals surface area contributed by atoms with E-state index in [2.05, 4.69) is 0 Å². The molecule has 0 saturated carbocycles. The van der Waals surface area contributed by atoms with Gasteiger partial charge in [-0.1, -0.05) is 48.5 Å². The summed E-state index contributed by atoms with van der Waals surface area (Å²) < 4.78 is 34.1. The molecule has 0 atom stereocenters. The molecule has 0 aromatic heterocycles. The number of hydrogen-bond acceptors (Lipinski definition) is 4. The molecule has 0 bridgehead atoms. The van der Waals surface area contributed by atoms with Gasteiger partial charge in [-0.3, -0.25) is 9.10 Å². The molecule has 0 aliphatic rings. The van der Waals surface area contributed by atoms with E-state index in [-0.39, 0.29) is 17.3 Å². The number of anilines is 1. The molecule has 0 N–H and O–H groups in total. The Morgan fingerprint density at radius 3 is 2.23 bits per heavy atom. The lowest BCUT2D eigenvalue weighted by molar-refractivity contribution is 0.0827. The van der Waals surface area contributed by atoms with Crippen LogP contribution in [0, 0.1) is 0 Å². The fourth-order valence-corrected chi connectivity index (χ4v) is 4.57. The van der Waals surface area contributed by atoms with Gasteiger partial charge in [-0.2, -0.15) is 0 Å². The molecule has 0 aliphatic heterocycles. The molecule has 3 rings (SSSR count). The van der Waals surface area contributed by atoms with Crippen molar-refractivity contribution < 1.29 is 17.9 Å². The van der Waals surface area contributed by atoms with Crippen LogP contribution in [0.1, 0.15) is 15.9 Å². The van der Waals surface area contributed by atoms with Crippen LogP contribution in [0.15, 0.2) is 83.8 Å². The Hall–Kier alpha value is -3.32. The first-order valence-electron chi connectivity index (χ1n) is 9.36. The Bertz CT molecular complexity index is 1130. The average Bonchev–Trinajstić information content (AvgIpc) is 2.77. The van der Waals surface area contributed by atoms with Crippen LogP contribution in [0.25, 0.3) is 0 Å². The Kier molecular flexibility index (Phi) is 6.42. The van der Waals surface area contributed by atoms with E-state index >= 15 is 0 Å². The second kappa shape index (κ2) is 9.00. The SMILES string of the molecule is COc1ccccc1N(Cc1ccccc1)S(=O)(=O)c1cccc(C(=O)N(C)C)c1. The molecule has 0 aliphatic carbocycles. The van der Waals surface area contributed by atoms with Crippen LogP contribution in [0.5, 0.6) is 5.75 Å². The molecule has 156 valence electrons. The summed E-state index contributed by atoms with van der Waals surface area (Å²) in [7, 11) is 0.769. The quantitative estimate of drug-likeness (QED) is 0.579. The largest absolute Gasteiger partial charge is 0.495 e. The fraction of sp³-hybridized carbons (Fsp3) is 0.174. The Morgan fingerprint density at radius 1 is 0.900 bits per heavy atom. The third kappa shape index (κ3) is 4.46. The minimum absolute atomic E-state index is 0.0389. The summed E-state index contributed by atoms with van der Waals surface area (Å²) in [6, 6.07) is 22.4. The summed E-state index contributed by atoms with van der Waals surface area (Å²) in [5.41, 5.74) is 1.56. The number of nitrogens with zero attached hydrogens (tertiary/aromatic N) is 2. The normalized spacial score (nSPS) is 11.0. The lowest BCUT2D eigenvalue weighted by atomic mass is 10.2. The van der Waals surface area contributed by atoms with Gasteiger partial charge >= 0.3 is 0 Å².